The lowest BCUT2D eigenvalue weighted by Gasteiger charge is -2.19. The molecule has 2 unspecified atom stereocenters. The molecule has 0 saturated heterocycles. The van der Waals surface area contributed by atoms with Gasteiger partial charge in [-0.3, -0.25) is 9.59 Å². The average Bonchev–Trinajstić information content (AvgIpc) is 2.67. The van der Waals surface area contributed by atoms with Crippen LogP contribution in [0.5, 0.6) is 0 Å². The van der Waals surface area contributed by atoms with E-state index in [1.165, 1.54) is 0 Å². The van der Waals surface area contributed by atoms with E-state index in [2.05, 4.69) is 39.2 Å². The first-order valence-electron chi connectivity index (χ1n) is 11.4. The van der Waals surface area contributed by atoms with Crippen molar-refractivity contribution in [3.8, 4) is 11.8 Å². The topological polar surface area (TPSA) is 52.6 Å². The molecule has 0 rings (SSSR count). The van der Waals surface area contributed by atoms with E-state index in [0.29, 0.717) is 19.4 Å². The number of carbonyl (C=O) groups excluding carboxylic acids is 2. The fourth-order valence-electron chi connectivity index (χ4n) is 2.94. The monoisotopic (exact) mass is 406 g/mol. The van der Waals surface area contributed by atoms with Gasteiger partial charge < -0.3 is 9.47 Å². The molecule has 29 heavy (non-hydrogen) atoms. The van der Waals surface area contributed by atoms with Crippen molar-refractivity contribution in [3.63, 3.8) is 0 Å². The number of ether oxygens (including phenoxy) is 2. The van der Waals surface area contributed by atoms with Crippen LogP contribution in [0.3, 0.4) is 0 Å². The van der Waals surface area contributed by atoms with Crippen molar-refractivity contribution < 1.29 is 19.1 Å². The molecule has 0 aromatic heterocycles. The molecule has 4 nitrogen and oxygen atoms in total. The van der Waals surface area contributed by atoms with Crippen molar-refractivity contribution in [1.82, 2.24) is 0 Å². The highest BCUT2D eigenvalue weighted by molar-refractivity contribution is 5.70. The summed E-state index contributed by atoms with van der Waals surface area (Å²) in [5, 5.41) is 0. The van der Waals surface area contributed by atoms with E-state index in [1.807, 2.05) is 6.92 Å². The standard InChI is InChI=1S/C25H42O4/c1-6-8-20-28-24(26)16-13-11-9-10-12-14-17-25(27)29-23(19-18-21(3)4)22(5)15-7-2/h22-23H,3,6-17,20H2,1-2,4-5H3. The molecular formula is C25H42O4. The van der Waals surface area contributed by atoms with Gasteiger partial charge in [-0.15, -0.1) is 0 Å². The van der Waals surface area contributed by atoms with Crippen molar-refractivity contribution in [3.05, 3.63) is 12.2 Å². The summed E-state index contributed by atoms with van der Waals surface area (Å²) in [5.41, 5.74) is 0.781. The van der Waals surface area contributed by atoms with Gasteiger partial charge in [0.2, 0.25) is 0 Å². The lowest BCUT2D eigenvalue weighted by Crippen LogP contribution is -2.24. The highest BCUT2D eigenvalue weighted by Gasteiger charge is 2.18. The molecule has 0 amide bonds. The number of carbonyl (C=O) groups is 2. The Balaban J connectivity index is 3.90. The molecule has 0 fully saturated rings. The minimum absolute atomic E-state index is 0.0807. The molecule has 0 aliphatic heterocycles. The first kappa shape index (κ1) is 27.2. The van der Waals surface area contributed by atoms with Crippen LogP contribution in [0, 0.1) is 17.8 Å². The summed E-state index contributed by atoms with van der Waals surface area (Å²) >= 11 is 0. The maximum absolute atomic E-state index is 12.2. The summed E-state index contributed by atoms with van der Waals surface area (Å²) in [6, 6.07) is 0. The van der Waals surface area contributed by atoms with E-state index in [-0.39, 0.29) is 24.0 Å². The van der Waals surface area contributed by atoms with Crippen molar-refractivity contribution in [2.75, 3.05) is 6.61 Å². The Labute approximate surface area is 178 Å². The van der Waals surface area contributed by atoms with Crippen LogP contribution in [0.4, 0.5) is 0 Å². The van der Waals surface area contributed by atoms with Crippen LogP contribution in [-0.2, 0) is 19.1 Å². The van der Waals surface area contributed by atoms with Crippen molar-refractivity contribution >= 4 is 11.9 Å². The third kappa shape index (κ3) is 16.9. The van der Waals surface area contributed by atoms with Gasteiger partial charge in [0.25, 0.3) is 0 Å². The van der Waals surface area contributed by atoms with Crippen LogP contribution in [0.25, 0.3) is 0 Å². The SMILES string of the molecule is C=C(C)C#CC(OC(=O)CCCCCCCCC(=O)OCCCC)C(C)CCC. The molecule has 0 aromatic carbocycles. The third-order valence-corrected chi connectivity index (χ3v) is 4.72. The van der Waals surface area contributed by atoms with Gasteiger partial charge in [-0.1, -0.05) is 77.7 Å². The summed E-state index contributed by atoms with van der Waals surface area (Å²) in [6.45, 7) is 12.5. The van der Waals surface area contributed by atoms with Gasteiger partial charge in [-0.2, -0.15) is 0 Å². The summed E-state index contributed by atoms with van der Waals surface area (Å²) in [6.07, 6.45) is 10.5. The number of unbranched alkanes of at least 4 members (excludes halogenated alkanes) is 6. The molecule has 0 aliphatic rings. The first-order chi connectivity index (χ1) is 13.9. The fraction of sp³-hybridized carbons (Fsp3) is 0.760. The van der Waals surface area contributed by atoms with Crippen molar-refractivity contribution in [1.29, 1.82) is 0 Å². The lowest BCUT2D eigenvalue weighted by atomic mass is 9.99. The van der Waals surface area contributed by atoms with Gasteiger partial charge in [-0.25, -0.2) is 0 Å². The first-order valence-corrected chi connectivity index (χ1v) is 11.4. The van der Waals surface area contributed by atoms with E-state index in [4.69, 9.17) is 9.47 Å². The summed E-state index contributed by atoms with van der Waals surface area (Å²) < 4.78 is 10.8. The van der Waals surface area contributed by atoms with Gasteiger partial charge in [-0.05, 0) is 38.2 Å². The molecule has 0 aliphatic carbocycles. The zero-order chi connectivity index (χ0) is 21.9. The van der Waals surface area contributed by atoms with Crippen LogP contribution in [0.1, 0.15) is 105 Å². The van der Waals surface area contributed by atoms with E-state index in [0.717, 1.165) is 69.8 Å². The van der Waals surface area contributed by atoms with Crippen LogP contribution >= 0.6 is 0 Å². The second-order valence-electron chi connectivity index (χ2n) is 7.92. The number of esters is 2. The molecule has 166 valence electrons. The zero-order valence-electron chi connectivity index (χ0n) is 19.2. The summed E-state index contributed by atoms with van der Waals surface area (Å²) in [4.78, 5) is 23.7. The second-order valence-corrected chi connectivity index (χ2v) is 7.92. The maximum Gasteiger partial charge on any atom is 0.307 e. The summed E-state index contributed by atoms with van der Waals surface area (Å²) in [5.74, 6) is 5.99. The van der Waals surface area contributed by atoms with E-state index in [1.54, 1.807) is 0 Å². The maximum atomic E-state index is 12.2. The largest absolute Gasteiger partial charge is 0.466 e. The molecular weight excluding hydrogens is 364 g/mol. The minimum Gasteiger partial charge on any atom is -0.466 e. The predicted molar refractivity (Wildman–Crippen MR) is 119 cm³/mol. The van der Waals surface area contributed by atoms with E-state index in [9.17, 15) is 9.59 Å². The molecule has 0 heterocycles. The molecule has 0 saturated carbocycles. The van der Waals surface area contributed by atoms with Crippen LogP contribution < -0.4 is 0 Å². The molecule has 2 atom stereocenters. The van der Waals surface area contributed by atoms with Gasteiger partial charge in [0, 0.05) is 18.8 Å². The smallest absolute Gasteiger partial charge is 0.307 e. The van der Waals surface area contributed by atoms with Gasteiger partial charge >= 0.3 is 11.9 Å². The minimum atomic E-state index is -0.351. The third-order valence-electron chi connectivity index (χ3n) is 4.72. The summed E-state index contributed by atoms with van der Waals surface area (Å²) in [7, 11) is 0. The Morgan fingerprint density at radius 3 is 2.03 bits per heavy atom. The molecule has 0 spiro atoms. The molecule has 0 radical (unpaired) electrons. The van der Waals surface area contributed by atoms with E-state index >= 15 is 0 Å². The predicted octanol–water partition coefficient (Wildman–Crippen LogP) is 6.38. The quantitative estimate of drug-likeness (QED) is 0.170. The van der Waals surface area contributed by atoms with Gasteiger partial charge in [0.15, 0.2) is 6.10 Å². The average molecular weight is 407 g/mol. The highest BCUT2D eigenvalue weighted by Crippen LogP contribution is 2.16. The van der Waals surface area contributed by atoms with Gasteiger partial charge in [0.1, 0.15) is 0 Å². The Hall–Kier alpha value is -1.76. The number of allylic oxidation sites excluding steroid dienone is 1. The number of rotatable bonds is 16. The Morgan fingerprint density at radius 2 is 1.48 bits per heavy atom. The van der Waals surface area contributed by atoms with Gasteiger partial charge in [0.05, 0.1) is 6.61 Å². The number of hydrogen-bond acceptors (Lipinski definition) is 4. The van der Waals surface area contributed by atoms with Crippen molar-refractivity contribution in [2.45, 2.75) is 111 Å². The molecule has 0 aromatic rings. The zero-order valence-corrected chi connectivity index (χ0v) is 19.2. The fourth-order valence-corrected chi connectivity index (χ4v) is 2.94. The molecule has 0 bridgehead atoms. The molecule has 0 N–H and O–H groups in total. The Kier molecular flexibility index (Phi) is 17.2. The van der Waals surface area contributed by atoms with E-state index < -0.39 is 0 Å². The highest BCUT2D eigenvalue weighted by atomic mass is 16.5. The van der Waals surface area contributed by atoms with Crippen LogP contribution in [-0.4, -0.2) is 24.6 Å². The normalized spacial score (nSPS) is 12.4. The molecule has 4 heteroatoms. The number of hydrogen-bond donors (Lipinski definition) is 0. The van der Waals surface area contributed by atoms with Crippen LogP contribution in [0.2, 0.25) is 0 Å². The van der Waals surface area contributed by atoms with Crippen molar-refractivity contribution in [2.24, 2.45) is 5.92 Å². The Bertz CT molecular complexity index is 527. The Morgan fingerprint density at radius 1 is 0.897 bits per heavy atom. The second kappa shape index (κ2) is 18.3. The lowest BCUT2D eigenvalue weighted by molar-refractivity contribution is -0.148. The van der Waals surface area contributed by atoms with Crippen LogP contribution in [0.15, 0.2) is 12.2 Å².